The molecule has 2 aliphatic carbocycles. The van der Waals surface area contributed by atoms with Gasteiger partial charge in [-0.1, -0.05) is 36.4 Å². The molecule has 1 aromatic carbocycles. The lowest BCUT2D eigenvalue weighted by Gasteiger charge is -2.39. The molecule has 1 aliphatic heterocycles. The number of nitrogens with zero attached hydrogens (tertiary/aromatic N) is 4. The monoisotopic (exact) mass is 363 g/mol. The summed E-state index contributed by atoms with van der Waals surface area (Å²) in [6.07, 6.45) is 9.23. The van der Waals surface area contributed by atoms with Gasteiger partial charge in [-0.25, -0.2) is 0 Å². The average molecular weight is 364 g/mol. The summed E-state index contributed by atoms with van der Waals surface area (Å²) >= 11 is 0. The van der Waals surface area contributed by atoms with Crippen LogP contribution in [0.2, 0.25) is 0 Å². The van der Waals surface area contributed by atoms with Gasteiger partial charge in [0.25, 0.3) is 0 Å². The van der Waals surface area contributed by atoms with Gasteiger partial charge in [-0.05, 0) is 56.8 Å². The SMILES string of the molecule is CCn1c(CN2CCC3(C=Cc4ccccc43)CC2)nnc1C1CC(N)C1. The number of fused-ring (bicyclic) bond motifs is 2. The fraction of sp³-hybridized carbons (Fsp3) is 0.545. The Morgan fingerprint density at radius 1 is 1.15 bits per heavy atom. The highest BCUT2D eigenvalue weighted by Gasteiger charge is 2.38. The highest BCUT2D eigenvalue weighted by Crippen LogP contribution is 2.43. The lowest BCUT2D eigenvalue weighted by Crippen LogP contribution is -2.41. The molecule has 1 aromatic heterocycles. The first-order valence-corrected chi connectivity index (χ1v) is 10.4. The Kier molecular flexibility index (Phi) is 4.17. The lowest BCUT2D eigenvalue weighted by molar-refractivity contribution is 0.171. The molecule has 0 unspecified atom stereocenters. The molecule has 0 bridgehead atoms. The van der Waals surface area contributed by atoms with Crippen LogP contribution in [0.25, 0.3) is 6.08 Å². The van der Waals surface area contributed by atoms with Gasteiger partial charge in [0.15, 0.2) is 0 Å². The number of hydrogen-bond acceptors (Lipinski definition) is 4. The maximum absolute atomic E-state index is 5.97. The van der Waals surface area contributed by atoms with Gasteiger partial charge in [0, 0.05) is 23.9 Å². The Bertz CT molecular complexity index is 853. The Hall–Kier alpha value is -1.98. The summed E-state index contributed by atoms with van der Waals surface area (Å²) in [5, 5.41) is 9.08. The van der Waals surface area contributed by atoms with Crippen molar-refractivity contribution in [2.75, 3.05) is 13.1 Å². The minimum absolute atomic E-state index is 0.249. The zero-order chi connectivity index (χ0) is 18.4. The van der Waals surface area contributed by atoms with E-state index in [0.717, 1.165) is 50.7 Å². The van der Waals surface area contributed by atoms with Crippen LogP contribution in [0.15, 0.2) is 30.3 Å². The van der Waals surface area contributed by atoms with E-state index in [1.54, 1.807) is 0 Å². The van der Waals surface area contributed by atoms with Gasteiger partial charge >= 0.3 is 0 Å². The molecule has 2 heterocycles. The molecule has 1 saturated heterocycles. The van der Waals surface area contributed by atoms with Crippen molar-refractivity contribution < 1.29 is 0 Å². The number of aromatic nitrogens is 3. The molecule has 5 rings (SSSR count). The van der Waals surface area contributed by atoms with Crippen LogP contribution in [0.4, 0.5) is 0 Å². The van der Waals surface area contributed by atoms with Gasteiger partial charge in [0.1, 0.15) is 11.6 Å². The van der Waals surface area contributed by atoms with Gasteiger partial charge in [0.05, 0.1) is 6.54 Å². The first-order chi connectivity index (χ1) is 13.2. The summed E-state index contributed by atoms with van der Waals surface area (Å²) in [5.41, 5.74) is 9.14. The maximum Gasteiger partial charge on any atom is 0.147 e. The van der Waals surface area contributed by atoms with Crippen LogP contribution in [0, 0.1) is 0 Å². The van der Waals surface area contributed by atoms with Crippen molar-refractivity contribution in [1.29, 1.82) is 0 Å². The van der Waals surface area contributed by atoms with Crippen molar-refractivity contribution in [3.63, 3.8) is 0 Å². The molecule has 2 N–H and O–H groups in total. The number of rotatable bonds is 4. The highest BCUT2D eigenvalue weighted by atomic mass is 15.3. The van der Waals surface area contributed by atoms with Gasteiger partial charge in [-0.2, -0.15) is 0 Å². The van der Waals surface area contributed by atoms with Crippen LogP contribution in [0.5, 0.6) is 0 Å². The zero-order valence-electron chi connectivity index (χ0n) is 16.1. The van der Waals surface area contributed by atoms with Crippen molar-refractivity contribution in [3.05, 3.63) is 53.1 Å². The Labute approximate surface area is 161 Å². The summed E-state index contributed by atoms with van der Waals surface area (Å²) in [5.74, 6) is 2.77. The molecule has 1 saturated carbocycles. The molecule has 5 nitrogen and oxygen atoms in total. The third kappa shape index (κ3) is 2.84. The molecule has 1 spiro atoms. The van der Waals surface area contributed by atoms with E-state index in [4.69, 9.17) is 5.73 Å². The van der Waals surface area contributed by atoms with Crippen molar-refractivity contribution >= 4 is 6.08 Å². The van der Waals surface area contributed by atoms with Crippen LogP contribution in [-0.2, 0) is 18.5 Å². The fourth-order valence-electron chi connectivity index (χ4n) is 5.17. The van der Waals surface area contributed by atoms with Crippen LogP contribution in [0.3, 0.4) is 0 Å². The second-order valence-corrected chi connectivity index (χ2v) is 8.50. The van der Waals surface area contributed by atoms with Crippen LogP contribution in [-0.4, -0.2) is 38.8 Å². The van der Waals surface area contributed by atoms with Gasteiger partial charge in [-0.15, -0.1) is 10.2 Å². The zero-order valence-corrected chi connectivity index (χ0v) is 16.1. The average Bonchev–Trinajstić information content (AvgIpc) is 3.23. The number of piperidine rings is 1. The second kappa shape index (κ2) is 6.57. The molecule has 0 amide bonds. The summed E-state index contributed by atoms with van der Waals surface area (Å²) in [6.45, 7) is 6.26. The van der Waals surface area contributed by atoms with Crippen molar-refractivity contribution in [1.82, 2.24) is 19.7 Å². The van der Waals surface area contributed by atoms with Gasteiger partial charge in [-0.3, -0.25) is 4.90 Å². The van der Waals surface area contributed by atoms with E-state index < -0.39 is 0 Å². The largest absolute Gasteiger partial charge is 0.328 e. The van der Waals surface area contributed by atoms with E-state index >= 15 is 0 Å². The molecule has 2 aromatic rings. The number of nitrogens with two attached hydrogens (primary N) is 1. The van der Waals surface area contributed by atoms with E-state index in [1.165, 1.54) is 24.0 Å². The molecular weight excluding hydrogens is 334 g/mol. The highest BCUT2D eigenvalue weighted by molar-refractivity contribution is 5.65. The van der Waals surface area contributed by atoms with Crippen molar-refractivity contribution in [3.8, 4) is 0 Å². The normalized spacial score (nSPS) is 26.3. The van der Waals surface area contributed by atoms with E-state index in [2.05, 4.69) is 63.0 Å². The summed E-state index contributed by atoms with van der Waals surface area (Å²) in [7, 11) is 0. The molecule has 27 heavy (non-hydrogen) atoms. The molecule has 2 fully saturated rings. The first kappa shape index (κ1) is 17.1. The molecular formula is C22H29N5. The van der Waals surface area contributed by atoms with E-state index in [-0.39, 0.29) is 5.41 Å². The Balaban J connectivity index is 1.27. The lowest BCUT2D eigenvalue weighted by atomic mass is 9.74. The molecule has 3 aliphatic rings. The molecule has 142 valence electrons. The van der Waals surface area contributed by atoms with Crippen LogP contribution in [0.1, 0.15) is 61.3 Å². The maximum atomic E-state index is 5.97. The summed E-state index contributed by atoms with van der Waals surface area (Å²) in [6, 6.07) is 9.22. The van der Waals surface area contributed by atoms with Crippen LogP contribution < -0.4 is 5.73 Å². The molecule has 0 atom stereocenters. The quantitative estimate of drug-likeness (QED) is 0.907. The predicted molar refractivity (Wildman–Crippen MR) is 107 cm³/mol. The predicted octanol–water partition coefficient (Wildman–Crippen LogP) is 3.06. The fourth-order valence-corrected chi connectivity index (χ4v) is 5.17. The Morgan fingerprint density at radius 2 is 1.93 bits per heavy atom. The van der Waals surface area contributed by atoms with Gasteiger partial charge in [0.2, 0.25) is 0 Å². The van der Waals surface area contributed by atoms with Crippen molar-refractivity contribution in [2.24, 2.45) is 5.73 Å². The van der Waals surface area contributed by atoms with E-state index in [9.17, 15) is 0 Å². The van der Waals surface area contributed by atoms with E-state index in [1.807, 2.05) is 0 Å². The summed E-state index contributed by atoms with van der Waals surface area (Å²) in [4.78, 5) is 2.55. The molecule has 0 radical (unpaired) electrons. The minimum atomic E-state index is 0.249. The topological polar surface area (TPSA) is 60.0 Å². The second-order valence-electron chi connectivity index (χ2n) is 8.50. The number of allylic oxidation sites excluding steroid dienone is 1. The minimum Gasteiger partial charge on any atom is -0.328 e. The third-order valence-corrected chi connectivity index (χ3v) is 6.90. The van der Waals surface area contributed by atoms with Crippen LogP contribution >= 0.6 is 0 Å². The number of benzene rings is 1. The van der Waals surface area contributed by atoms with Gasteiger partial charge < -0.3 is 10.3 Å². The standard InChI is InChI=1S/C22H29N5/c1-2-27-20(24-25-21(27)17-13-18(23)14-17)15-26-11-9-22(10-12-26)8-7-16-5-3-4-6-19(16)22/h3-8,17-18H,2,9-15,23H2,1H3. The molecule has 5 heteroatoms. The Morgan fingerprint density at radius 3 is 2.67 bits per heavy atom. The number of hydrogen-bond donors (Lipinski definition) is 1. The number of likely N-dealkylation sites (tertiary alicyclic amines) is 1. The van der Waals surface area contributed by atoms with E-state index in [0.29, 0.717) is 12.0 Å². The van der Waals surface area contributed by atoms with Crippen molar-refractivity contribution in [2.45, 2.75) is 63.1 Å². The first-order valence-electron chi connectivity index (χ1n) is 10.4. The smallest absolute Gasteiger partial charge is 0.147 e. The summed E-state index contributed by atoms with van der Waals surface area (Å²) < 4.78 is 2.33. The third-order valence-electron chi connectivity index (χ3n) is 6.90.